The van der Waals surface area contributed by atoms with Crippen molar-refractivity contribution in [2.75, 3.05) is 13.1 Å². The second-order valence-corrected chi connectivity index (χ2v) is 4.45. The molecule has 2 fully saturated rings. The van der Waals surface area contributed by atoms with Crippen LogP contribution in [0.2, 0.25) is 0 Å². The first kappa shape index (κ1) is 9.02. The van der Waals surface area contributed by atoms with E-state index in [9.17, 15) is 0 Å². The number of hydrogen-bond donors (Lipinski definition) is 1. The van der Waals surface area contributed by atoms with E-state index < -0.39 is 0 Å². The van der Waals surface area contributed by atoms with Gasteiger partial charge in [-0.3, -0.25) is 0 Å². The van der Waals surface area contributed by atoms with Crippen molar-refractivity contribution in [2.45, 2.75) is 32.1 Å². The number of nitrogens with zero attached hydrogens (tertiary/aromatic N) is 1. The monoisotopic (exact) mass is 178 g/mol. The quantitative estimate of drug-likeness (QED) is 0.701. The Balaban J connectivity index is 1.95. The molecule has 1 aliphatic carbocycles. The summed E-state index contributed by atoms with van der Waals surface area (Å²) in [5, 5.41) is 12.5. The fraction of sp³-hybridized carbons (Fsp3) is 0.909. The summed E-state index contributed by atoms with van der Waals surface area (Å²) in [6.07, 6.45) is 6.52. The molecule has 1 aliphatic heterocycles. The van der Waals surface area contributed by atoms with E-state index in [4.69, 9.17) is 5.26 Å². The normalized spacial score (nSPS) is 31.8. The van der Waals surface area contributed by atoms with Gasteiger partial charge in [-0.15, -0.1) is 0 Å². The van der Waals surface area contributed by atoms with E-state index in [2.05, 4.69) is 11.4 Å². The van der Waals surface area contributed by atoms with Crippen molar-refractivity contribution in [1.82, 2.24) is 5.32 Å². The SMILES string of the molecule is N#CC(C1CCCC1)C1CCNC1. The minimum absolute atomic E-state index is 0.345. The largest absolute Gasteiger partial charge is 0.316 e. The molecule has 0 spiro atoms. The summed E-state index contributed by atoms with van der Waals surface area (Å²) in [6, 6.07) is 2.55. The predicted molar refractivity (Wildman–Crippen MR) is 52.0 cm³/mol. The molecule has 2 aliphatic rings. The third kappa shape index (κ3) is 1.86. The number of rotatable bonds is 2. The van der Waals surface area contributed by atoms with Crippen LogP contribution < -0.4 is 5.32 Å². The zero-order chi connectivity index (χ0) is 9.10. The molecule has 72 valence electrons. The van der Waals surface area contributed by atoms with E-state index in [1.165, 1.54) is 32.1 Å². The van der Waals surface area contributed by atoms with Crippen molar-refractivity contribution < 1.29 is 0 Å². The first-order valence-electron chi connectivity index (χ1n) is 5.52. The van der Waals surface area contributed by atoms with Gasteiger partial charge >= 0.3 is 0 Å². The van der Waals surface area contributed by atoms with Gasteiger partial charge < -0.3 is 5.32 Å². The molecule has 0 bridgehead atoms. The van der Waals surface area contributed by atoms with Gasteiger partial charge in [0.05, 0.1) is 12.0 Å². The Bertz CT molecular complexity index is 179. The molecular weight excluding hydrogens is 160 g/mol. The molecule has 2 heteroatoms. The number of nitrogens with one attached hydrogen (secondary N) is 1. The van der Waals surface area contributed by atoms with Crippen molar-refractivity contribution in [3.8, 4) is 6.07 Å². The van der Waals surface area contributed by atoms with Crippen LogP contribution in [0.15, 0.2) is 0 Å². The molecular formula is C11H18N2. The summed E-state index contributed by atoms with van der Waals surface area (Å²) < 4.78 is 0. The van der Waals surface area contributed by atoms with Gasteiger partial charge in [-0.25, -0.2) is 0 Å². The van der Waals surface area contributed by atoms with Crippen LogP contribution in [0, 0.1) is 29.1 Å². The Morgan fingerprint density at radius 2 is 1.92 bits per heavy atom. The van der Waals surface area contributed by atoms with Crippen molar-refractivity contribution in [1.29, 1.82) is 5.26 Å². The Labute approximate surface area is 80.3 Å². The van der Waals surface area contributed by atoms with Crippen LogP contribution >= 0.6 is 0 Å². The summed E-state index contributed by atoms with van der Waals surface area (Å²) in [5.41, 5.74) is 0. The Morgan fingerprint density at radius 1 is 1.15 bits per heavy atom. The predicted octanol–water partition coefficient (Wildman–Crippen LogP) is 1.93. The van der Waals surface area contributed by atoms with Gasteiger partial charge in [0.1, 0.15) is 0 Å². The highest BCUT2D eigenvalue weighted by atomic mass is 14.9. The fourth-order valence-corrected chi connectivity index (χ4v) is 2.90. The van der Waals surface area contributed by atoms with E-state index in [-0.39, 0.29) is 0 Å². The summed E-state index contributed by atoms with van der Waals surface area (Å²) in [5.74, 6) is 1.71. The Kier molecular flexibility index (Phi) is 2.85. The van der Waals surface area contributed by atoms with Crippen LogP contribution in [0.1, 0.15) is 32.1 Å². The first-order valence-corrected chi connectivity index (χ1v) is 5.52. The average Bonchev–Trinajstić information content (AvgIpc) is 2.76. The molecule has 0 aromatic rings. The van der Waals surface area contributed by atoms with Crippen molar-refractivity contribution in [3.05, 3.63) is 0 Å². The van der Waals surface area contributed by atoms with Gasteiger partial charge in [-0.05, 0) is 44.2 Å². The Hall–Kier alpha value is -0.550. The van der Waals surface area contributed by atoms with Crippen LogP contribution in [0.4, 0.5) is 0 Å². The third-order valence-corrected chi connectivity index (χ3v) is 3.66. The molecule has 13 heavy (non-hydrogen) atoms. The fourth-order valence-electron chi connectivity index (χ4n) is 2.90. The van der Waals surface area contributed by atoms with Crippen LogP contribution in [0.5, 0.6) is 0 Å². The summed E-state index contributed by atoms with van der Waals surface area (Å²) in [7, 11) is 0. The lowest BCUT2D eigenvalue weighted by atomic mass is 9.81. The molecule has 2 nitrogen and oxygen atoms in total. The lowest BCUT2D eigenvalue weighted by Gasteiger charge is -2.21. The maximum Gasteiger partial charge on any atom is 0.0662 e. The van der Waals surface area contributed by atoms with Crippen LogP contribution in [-0.4, -0.2) is 13.1 Å². The summed E-state index contributed by atoms with van der Waals surface area (Å²) in [6.45, 7) is 2.20. The zero-order valence-electron chi connectivity index (χ0n) is 8.13. The van der Waals surface area contributed by atoms with Crippen molar-refractivity contribution in [3.63, 3.8) is 0 Å². The van der Waals surface area contributed by atoms with Crippen LogP contribution in [-0.2, 0) is 0 Å². The minimum atomic E-state index is 0.345. The van der Waals surface area contributed by atoms with Gasteiger partial charge in [0.25, 0.3) is 0 Å². The van der Waals surface area contributed by atoms with E-state index in [1.54, 1.807) is 0 Å². The van der Waals surface area contributed by atoms with Crippen LogP contribution in [0.25, 0.3) is 0 Å². The zero-order valence-corrected chi connectivity index (χ0v) is 8.13. The third-order valence-electron chi connectivity index (χ3n) is 3.66. The molecule has 1 saturated heterocycles. The molecule has 0 aromatic carbocycles. The second kappa shape index (κ2) is 4.11. The lowest BCUT2D eigenvalue weighted by molar-refractivity contribution is 0.307. The van der Waals surface area contributed by atoms with E-state index in [0.29, 0.717) is 11.8 Å². The minimum Gasteiger partial charge on any atom is -0.316 e. The molecule has 2 rings (SSSR count). The van der Waals surface area contributed by atoms with Crippen molar-refractivity contribution in [2.24, 2.45) is 17.8 Å². The van der Waals surface area contributed by atoms with Crippen LogP contribution in [0.3, 0.4) is 0 Å². The summed E-state index contributed by atoms with van der Waals surface area (Å²) in [4.78, 5) is 0. The molecule has 0 amide bonds. The molecule has 1 N–H and O–H groups in total. The maximum absolute atomic E-state index is 9.17. The standard InChI is InChI=1S/C11H18N2/c12-7-11(9-3-1-2-4-9)10-5-6-13-8-10/h9-11,13H,1-6,8H2. The summed E-state index contributed by atoms with van der Waals surface area (Å²) >= 11 is 0. The van der Waals surface area contributed by atoms with Gasteiger partial charge in [0.2, 0.25) is 0 Å². The van der Waals surface area contributed by atoms with Crippen molar-refractivity contribution >= 4 is 0 Å². The molecule has 1 saturated carbocycles. The molecule has 0 aromatic heterocycles. The lowest BCUT2D eigenvalue weighted by Crippen LogP contribution is -2.22. The molecule has 2 atom stereocenters. The highest BCUT2D eigenvalue weighted by molar-refractivity contribution is 4.96. The van der Waals surface area contributed by atoms with Gasteiger partial charge in [-0.1, -0.05) is 12.8 Å². The number of hydrogen-bond acceptors (Lipinski definition) is 2. The molecule has 2 unspecified atom stereocenters. The number of nitriles is 1. The first-order chi connectivity index (χ1) is 6.42. The molecule has 0 radical (unpaired) electrons. The smallest absolute Gasteiger partial charge is 0.0662 e. The van der Waals surface area contributed by atoms with Gasteiger partial charge in [0.15, 0.2) is 0 Å². The van der Waals surface area contributed by atoms with Gasteiger partial charge in [0, 0.05) is 0 Å². The second-order valence-electron chi connectivity index (χ2n) is 4.45. The maximum atomic E-state index is 9.17. The molecule has 1 heterocycles. The van der Waals surface area contributed by atoms with E-state index in [0.717, 1.165) is 19.0 Å². The average molecular weight is 178 g/mol. The van der Waals surface area contributed by atoms with E-state index in [1.807, 2.05) is 0 Å². The van der Waals surface area contributed by atoms with Gasteiger partial charge in [-0.2, -0.15) is 5.26 Å². The highest BCUT2D eigenvalue weighted by Gasteiger charge is 2.32. The van der Waals surface area contributed by atoms with E-state index >= 15 is 0 Å². The highest BCUT2D eigenvalue weighted by Crippen LogP contribution is 2.36. The topological polar surface area (TPSA) is 35.8 Å². The Morgan fingerprint density at radius 3 is 2.46 bits per heavy atom.